The second-order valence-corrected chi connectivity index (χ2v) is 16.6. The number of allylic oxidation sites excluding steroid dienone is 14. The Morgan fingerprint density at radius 2 is 1.51 bits per heavy atom. The van der Waals surface area contributed by atoms with Crippen molar-refractivity contribution in [2.75, 3.05) is 9.80 Å². The summed E-state index contributed by atoms with van der Waals surface area (Å²) in [5.74, 6) is 1.29. The molecule has 5 atom stereocenters. The Kier molecular flexibility index (Phi) is 8.54. The van der Waals surface area contributed by atoms with E-state index in [-0.39, 0.29) is 16.7 Å². The number of benzene rings is 4. The molecule has 0 fully saturated rings. The Morgan fingerprint density at radius 3 is 2.31 bits per heavy atom. The predicted octanol–water partition coefficient (Wildman–Crippen LogP) is 13.6. The van der Waals surface area contributed by atoms with E-state index in [1.807, 2.05) is 6.08 Å². The van der Waals surface area contributed by atoms with Gasteiger partial charge in [-0.05, 0) is 94.0 Å². The lowest BCUT2D eigenvalue weighted by atomic mass is 9.66. The summed E-state index contributed by atoms with van der Waals surface area (Å²) >= 11 is 0. The normalized spacial score (nSPS) is 25.5. The zero-order chi connectivity index (χ0) is 37.9. The molecule has 4 aromatic carbocycles. The zero-order valence-corrected chi connectivity index (χ0v) is 32.5. The standard InChI is InChI=1S/C53H50N2/c1-7-37-23-26-41(27-24-37)54(49-21-13-17-39-15-9-11-19-45(39)49)43-29-30-47-48(34-43)52(4,5)51-35-44(31-32-53(47,51)6)55(42-28-25-38(8-2)36(3)33-42)50-22-14-18-40-16-10-12-20-46(40)50/h7-16,18-36,38-39,51H,1-2,17H2,3-6H3. The van der Waals surface area contributed by atoms with Crippen LogP contribution in [-0.4, -0.2) is 0 Å². The molecule has 2 heteroatoms. The molecule has 0 spiro atoms. The van der Waals surface area contributed by atoms with E-state index in [1.165, 1.54) is 55.9 Å². The third-order valence-corrected chi connectivity index (χ3v) is 12.9. The van der Waals surface area contributed by atoms with E-state index in [0.29, 0.717) is 17.8 Å². The minimum absolute atomic E-state index is 0.146. The van der Waals surface area contributed by atoms with E-state index >= 15 is 0 Å². The van der Waals surface area contributed by atoms with E-state index in [1.54, 1.807) is 0 Å². The van der Waals surface area contributed by atoms with Crippen molar-refractivity contribution in [1.29, 1.82) is 0 Å². The summed E-state index contributed by atoms with van der Waals surface area (Å²) in [6.45, 7) is 17.8. The lowest BCUT2D eigenvalue weighted by molar-refractivity contribution is 0.322. The molecule has 4 aromatic rings. The van der Waals surface area contributed by atoms with Gasteiger partial charge in [-0.1, -0.05) is 156 Å². The second-order valence-electron chi connectivity index (χ2n) is 16.6. The van der Waals surface area contributed by atoms with Crippen molar-refractivity contribution in [3.8, 4) is 0 Å². The van der Waals surface area contributed by atoms with Crippen molar-refractivity contribution in [1.82, 2.24) is 0 Å². The maximum Gasteiger partial charge on any atom is 0.0539 e. The number of hydrogen-bond donors (Lipinski definition) is 0. The topological polar surface area (TPSA) is 6.48 Å². The predicted molar refractivity (Wildman–Crippen MR) is 235 cm³/mol. The lowest BCUT2D eigenvalue weighted by Gasteiger charge is -2.40. The van der Waals surface area contributed by atoms with Gasteiger partial charge in [-0.15, -0.1) is 6.58 Å². The lowest BCUT2D eigenvalue weighted by Crippen LogP contribution is -2.37. The third-order valence-electron chi connectivity index (χ3n) is 12.9. The first kappa shape index (κ1) is 34.9. The minimum Gasteiger partial charge on any atom is -0.311 e. The first-order chi connectivity index (χ1) is 26.7. The van der Waals surface area contributed by atoms with Crippen molar-refractivity contribution in [2.24, 2.45) is 23.7 Å². The molecule has 0 saturated heterocycles. The highest BCUT2D eigenvalue weighted by molar-refractivity contribution is 5.96. The van der Waals surface area contributed by atoms with Crippen LogP contribution in [0.2, 0.25) is 0 Å². The van der Waals surface area contributed by atoms with Gasteiger partial charge in [-0.2, -0.15) is 0 Å². The van der Waals surface area contributed by atoms with Crippen LogP contribution in [0, 0.1) is 23.7 Å². The summed E-state index contributed by atoms with van der Waals surface area (Å²) in [6.07, 6.45) is 33.1. The second kappa shape index (κ2) is 13.5. The van der Waals surface area contributed by atoms with Gasteiger partial charge >= 0.3 is 0 Å². The first-order valence-corrected chi connectivity index (χ1v) is 19.9. The van der Waals surface area contributed by atoms with E-state index in [0.717, 1.165) is 17.7 Å². The van der Waals surface area contributed by atoms with Crippen LogP contribution in [0.4, 0.5) is 17.1 Å². The summed E-state index contributed by atoms with van der Waals surface area (Å²) in [7, 11) is 0. The summed E-state index contributed by atoms with van der Waals surface area (Å²) in [5, 5.41) is 2.49. The van der Waals surface area contributed by atoms with E-state index in [2.05, 4.69) is 215 Å². The smallest absolute Gasteiger partial charge is 0.0539 e. The Labute approximate surface area is 327 Å². The van der Waals surface area contributed by atoms with Gasteiger partial charge in [-0.25, -0.2) is 0 Å². The Bertz CT molecular complexity index is 2470. The molecule has 0 aliphatic heterocycles. The van der Waals surface area contributed by atoms with Crippen LogP contribution in [0.25, 0.3) is 16.8 Å². The molecule has 0 radical (unpaired) electrons. The van der Waals surface area contributed by atoms with Gasteiger partial charge in [0.05, 0.1) is 5.69 Å². The van der Waals surface area contributed by atoms with Gasteiger partial charge in [-0.3, -0.25) is 0 Å². The molecule has 0 saturated carbocycles. The summed E-state index contributed by atoms with van der Waals surface area (Å²) in [4.78, 5) is 4.96. The molecule has 2 nitrogen and oxygen atoms in total. The van der Waals surface area contributed by atoms with Gasteiger partial charge in [0.2, 0.25) is 0 Å². The number of rotatable bonds is 8. The van der Waals surface area contributed by atoms with Crippen LogP contribution in [-0.2, 0) is 10.8 Å². The van der Waals surface area contributed by atoms with E-state index in [4.69, 9.17) is 0 Å². The molecule has 0 N–H and O–H groups in total. The van der Waals surface area contributed by atoms with Crippen LogP contribution < -0.4 is 9.80 Å². The highest BCUT2D eigenvalue weighted by Crippen LogP contribution is 2.58. The maximum atomic E-state index is 4.12. The molecule has 55 heavy (non-hydrogen) atoms. The molecule has 9 rings (SSSR count). The maximum absolute atomic E-state index is 4.12. The van der Waals surface area contributed by atoms with Gasteiger partial charge in [0, 0.05) is 57.0 Å². The van der Waals surface area contributed by atoms with Crippen molar-refractivity contribution in [3.05, 3.63) is 216 Å². The monoisotopic (exact) mass is 714 g/mol. The Morgan fingerprint density at radius 1 is 0.727 bits per heavy atom. The third kappa shape index (κ3) is 5.70. The molecule has 5 aliphatic rings. The first-order valence-electron chi connectivity index (χ1n) is 19.9. The molecule has 0 amide bonds. The SMILES string of the molecule is C=Cc1ccc(N(C2=C3C=CC=CC3CC=C2)c2ccc3c(c2)C(C)(C)C2C=C(N(C4=CC(C)C(C=C)C=C4)c4cccc5ccccc45)C=CC32C)cc1. The number of fused-ring (bicyclic) bond motifs is 5. The zero-order valence-electron chi connectivity index (χ0n) is 32.5. The van der Waals surface area contributed by atoms with Crippen LogP contribution in [0.3, 0.4) is 0 Å². The highest BCUT2D eigenvalue weighted by Gasteiger charge is 2.53. The average molecular weight is 715 g/mol. The minimum atomic E-state index is -0.158. The summed E-state index contributed by atoms with van der Waals surface area (Å²) in [6, 6.07) is 31.5. The Hall–Kier alpha value is -5.86. The fourth-order valence-electron chi connectivity index (χ4n) is 9.94. The van der Waals surface area contributed by atoms with Crippen LogP contribution in [0.5, 0.6) is 0 Å². The molecular weight excluding hydrogens is 665 g/mol. The molecule has 0 aromatic heterocycles. The van der Waals surface area contributed by atoms with E-state index in [9.17, 15) is 0 Å². The molecule has 0 heterocycles. The highest BCUT2D eigenvalue weighted by atomic mass is 15.2. The fraction of sp³-hybridized carbons (Fsp3) is 0.208. The van der Waals surface area contributed by atoms with Gasteiger partial charge in [0.15, 0.2) is 0 Å². The quantitative estimate of drug-likeness (QED) is 0.168. The summed E-state index contributed by atoms with van der Waals surface area (Å²) < 4.78 is 0. The van der Waals surface area contributed by atoms with Crippen LogP contribution in [0.1, 0.15) is 50.8 Å². The van der Waals surface area contributed by atoms with E-state index < -0.39 is 0 Å². The van der Waals surface area contributed by atoms with Crippen molar-refractivity contribution >= 4 is 33.9 Å². The molecular formula is C53H50N2. The van der Waals surface area contributed by atoms with Crippen molar-refractivity contribution in [2.45, 2.75) is 44.9 Å². The summed E-state index contributed by atoms with van der Waals surface area (Å²) in [5.41, 5.74) is 12.2. The fourth-order valence-corrected chi connectivity index (χ4v) is 9.94. The number of hydrogen-bond acceptors (Lipinski definition) is 2. The van der Waals surface area contributed by atoms with Crippen molar-refractivity contribution < 1.29 is 0 Å². The molecule has 5 unspecified atom stereocenters. The number of nitrogens with zero attached hydrogens (tertiary/aromatic N) is 2. The van der Waals surface area contributed by atoms with Crippen LogP contribution in [0.15, 0.2) is 200 Å². The van der Waals surface area contributed by atoms with Gasteiger partial charge in [0.1, 0.15) is 0 Å². The molecule has 272 valence electrons. The van der Waals surface area contributed by atoms with Crippen molar-refractivity contribution in [3.63, 3.8) is 0 Å². The molecule has 5 aliphatic carbocycles. The largest absolute Gasteiger partial charge is 0.311 e. The number of anilines is 3. The van der Waals surface area contributed by atoms with Crippen LogP contribution >= 0.6 is 0 Å². The average Bonchev–Trinajstić information content (AvgIpc) is 3.39. The van der Waals surface area contributed by atoms with Gasteiger partial charge < -0.3 is 9.80 Å². The van der Waals surface area contributed by atoms with Gasteiger partial charge in [0.25, 0.3) is 0 Å². The Balaban J connectivity index is 1.17. The molecule has 0 bridgehead atoms.